The smallest absolute Gasteiger partial charge is 0.162 e. The van der Waals surface area contributed by atoms with Gasteiger partial charge in [0.1, 0.15) is 0 Å². The maximum atomic E-state index is 5.30. The summed E-state index contributed by atoms with van der Waals surface area (Å²) in [6.07, 6.45) is 1.79. The fourth-order valence-corrected chi connectivity index (χ4v) is 1.86. The number of nitrogens with zero attached hydrogens (tertiary/aromatic N) is 1. The minimum absolute atomic E-state index is 0.678. The highest BCUT2D eigenvalue weighted by Crippen LogP contribution is 2.32. The van der Waals surface area contributed by atoms with Gasteiger partial charge < -0.3 is 14.8 Å². The minimum atomic E-state index is 0.678. The molecule has 0 aliphatic carbocycles. The Balaban J connectivity index is 2.16. The molecule has 0 atom stereocenters. The van der Waals surface area contributed by atoms with Crippen LogP contribution in [-0.4, -0.2) is 19.2 Å². The van der Waals surface area contributed by atoms with E-state index >= 15 is 0 Å². The van der Waals surface area contributed by atoms with Crippen molar-refractivity contribution >= 4 is 5.69 Å². The van der Waals surface area contributed by atoms with E-state index in [1.54, 1.807) is 20.4 Å². The minimum Gasteiger partial charge on any atom is -0.493 e. The second-order valence-corrected chi connectivity index (χ2v) is 4.20. The molecular formula is C15H18N2O2. The van der Waals surface area contributed by atoms with Crippen LogP contribution in [-0.2, 0) is 6.54 Å². The third-order valence-electron chi connectivity index (χ3n) is 2.92. The number of benzene rings is 1. The first-order chi connectivity index (χ1) is 9.24. The van der Waals surface area contributed by atoms with Crippen LogP contribution >= 0.6 is 0 Å². The van der Waals surface area contributed by atoms with Crippen LogP contribution in [0.4, 0.5) is 5.69 Å². The van der Waals surface area contributed by atoms with Crippen LogP contribution < -0.4 is 14.8 Å². The van der Waals surface area contributed by atoms with Gasteiger partial charge in [-0.3, -0.25) is 4.98 Å². The Morgan fingerprint density at radius 1 is 1.11 bits per heavy atom. The number of rotatable bonds is 5. The normalized spacial score (nSPS) is 10.1. The van der Waals surface area contributed by atoms with Gasteiger partial charge in [-0.05, 0) is 30.7 Å². The molecule has 100 valence electrons. The van der Waals surface area contributed by atoms with E-state index in [0.717, 1.165) is 28.4 Å². The summed E-state index contributed by atoms with van der Waals surface area (Å²) in [4.78, 5) is 4.28. The highest BCUT2D eigenvalue weighted by Gasteiger charge is 2.08. The number of anilines is 1. The summed E-state index contributed by atoms with van der Waals surface area (Å²) in [6.45, 7) is 2.71. The number of ether oxygens (including phenoxy) is 2. The molecule has 0 saturated heterocycles. The largest absolute Gasteiger partial charge is 0.493 e. The molecule has 0 amide bonds. The van der Waals surface area contributed by atoms with Crippen molar-refractivity contribution < 1.29 is 9.47 Å². The Labute approximate surface area is 113 Å². The third kappa shape index (κ3) is 3.16. The van der Waals surface area contributed by atoms with Crippen molar-refractivity contribution in [2.45, 2.75) is 13.5 Å². The van der Waals surface area contributed by atoms with Crippen LogP contribution in [0, 0.1) is 6.92 Å². The summed E-state index contributed by atoms with van der Waals surface area (Å²) in [5, 5.41) is 3.36. The molecule has 2 rings (SSSR count). The summed E-state index contributed by atoms with van der Waals surface area (Å²) >= 11 is 0. The van der Waals surface area contributed by atoms with E-state index in [0.29, 0.717) is 6.54 Å². The van der Waals surface area contributed by atoms with E-state index in [-0.39, 0.29) is 0 Å². The molecule has 0 saturated carbocycles. The van der Waals surface area contributed by atoms with Gasteiger partial charge in [-0.2, -0.15) is 0 Å². The Morgan fingerprint density at radius 3 is 2.47 bits per heavy atom. The molecule has 1 aromatic heterocycles. The molecule has 0 fully saturated rings. The lowest BCUT2D eigenvalue weighted by molar-refractivity contribution is 0.355. The molecule has 1 heterocycles. The van der Waals surface area contributed by atoms with Gasteiger partial charge in [0.25, 0.3) is 0 Å². The first-order valence-corrected chi connectivity index (χ1v) is 6.11. The highest BCUT2D eigenvalue weighted by molar-refractivity contribution is 5.60. The van der Waals surface area contributed by atoms with E-state index in [1.807, 2.05) is 37.3 Å². The summed E-state index contributed by atoms with van der Waals surface area (Å²) in [7, 11) is 3.27. The second-order valence-electron chi connectivity index (χ2n) is 4.20. The van der Waals surface area contributed by atoms with Crippen LogP contribution in [0.2, 0.25) is 0 Å². The molecule has 1 N–H and O–H groups in total. The maximum Gasteiger partial charge on any atom is 0.162 e. The van der Waals surface area contributed by atoms with Crippen molar-refractivity contribution in [3.8, 4) is 11.5 Å². The number of hydrogen-bond acceptors (Lipinski definition) is 4. The number of nitrogens with one attached hydrogen (secondary N) is 1. The van der Waals surface area contributed by atoms with Crippen LogP contribution in [0.15, 0.2) is 36.5 Å². The monoisotopic (exact) mass is 258 g/mol. The van der Waals surface area contributed by atoms with E-state index in [9.17, 15) is 0 Å². The molecule has 0 aliphatic rings. The van der Waals surface area contributed by atoms with Crippen molar-refractivity contribution in [3.05, 3.63) is 47.8 Å². The predicted molar refractivity (Wildman–Crippen MR) is 75.8 cm³/mol. The first-order valence-electron chi connectivity index (χ1n) is 6.11. The molecule has 4 nitrogen and oxygen atoms in total. The standard InChI is InChI=1S/C15H18N2O2/c1-11-8-14(18-2)15(19-3)9-13(11)17-10-12-6-4-5-7-16-12/h4-9,17H,10H2,1-3H3. The van der Waals surface area contributed by atoms with Gasteiger partial charge in [-0.25, -0.2) is 0 Å². The molecule has 1 aromatic carbocycles. The first kappa shape index (κ1) is 13.2. The van der Waals surface area contributed by atoms with Gasteiger partial charge in [-0.1, -0.05) is 6.07 Å². The maximum absolute atomic E-state index is 5.30. The van der Waals surface area contributed by atoms with Gasteiger partial charge in [0.2, 0.25) is 0 Å². The van der Waals surface area contributed by atoms with E-state index < -0.39 is 0 Å². The molecule has 19 heavy (non-hydrogen) atoms. The number of pyridine rings is 1. The quantitative estimate of drug-likeness (QED) is 0.895. The number of hydrogen-bond donors (Lipinski definition) is 1. The summed E-state index contributed by atoms with van der Waals surface area (Å²) < 4.78 is 10.6. The van der Waals surface area contributed by atoms with Gasteiger partial charge in [0.15, 0.2) is 11.5 Å². The van der Waals surface area contributed by atoms with Crippen molar-refractivity contribution in [1.82, 2.24) is 4.98 Å². The molecule has 0 radical (unpaired) electrons. The number of methoxy groups -OCH3 is 2. The Morgan fingerprint density at radius 2 is 1.84 bits per heavy atom. The van der Waals surface area contributed by atoms with Crippen molar-refractivity contribution in [1.29, 1.82) is 0 Å². The average molecular weight is 258 g/mol. The Kier molecular flexibility index (Phi) is 4.23. The number of aromatic nitrogens is 1. The molecule has 0 bridgehead atoms. The van der Waals surface area contributed by atoms with E-state index in [2.05, 4.69) is 10.3 Å². The van der Waals surface area contributed by atoms with Gasteiger partial charge in [0.05, 0.1) is 26.5 Å². The van der Waals surface area contributed by atoms with Crippen LogP contribution in [0.1, 0.15) is 11.3 Å². The van der Waals surface area contributed by atoms with Crippen LogP contribution in [0.5, 0.6) is 11.5 Å². The summed E-state index contributed by atoms with van der Waals surface area (Å²) in [6, 6.07) is 9.77. The zero-order chi connectivity index (χ0) is 13.7. The summed E-state index contributed by atoms with van der Waals surface area (Å²) in [5.41, 5.74) is 3.12. The van der Waals surface area contributed by atoms with Gasteiger partial charge in [0, 0.05) is 18.0 Å². The lowest BCUT2D eigenvalue weighted by Crippen LogP contribution is -2.03. The summed E-state index contributed by atoms with van der Waals surface area (Å²) in [5.74, 6) is 1.46. The number of aryl methyl sites for hydroxylation is 1. The Hall–Kier alpha value is -2.23. The molecule has 0 unspecified atom stereocenters. The average Bonchev–Trinajstić information content (AvgIpc) is 2.46. The van der Waals surface area contributed by atoms with Crippen molar-refractivity contribution in [2.24, 2.45) is 0 Å². The van der Waals surface area contributed by atoms with E-state index in [1.165, 1.54) is 0 Å². The van der Waals surface area contributed by atoms with Crippen LogP contribution in [0.25, 0.3) is 0 Å². The van der Waals surface area contributed by atoms with E-state index in [4.69, 9.17) is 9.47 Å². The molecule has 4 heteroatoms. The zero-order valence-corrected chi connectivity index (χ0v) is 11.4. The van der Waals surface area contributed by atoms with Crippen LogP contribution in [0.3, 0.4) is 0 Å². The predicted octanol–water partition coefficient (Wildman–Crippen LogP) is 3.02. The van der Waals surface area contributed by atoms with Crippen molar-refractivity contribution in [2.75, 3.05) is 19.5 Å². The van der Waals surface area contributed by atoms with Crippen molar-refractivity contribution in [3.63, 3.8) is 0 Å². The highest BCUT2D eigenvalue weighted by atomic mass is 16.5. The molecule has 2 aromatic rings. The van der Waals surface area contributed by atoms with Gasteiger partial charge in [-0.15, -0.1) is 0 Å². The lowest BCUT2D eigenvalue weighted by atomic mass is 10.1. The third-order valence-corrected chi connectivity index (χ3v) is 2.92. The second kappa shape index (κ2) is 6.09. The lowest BCUT2D eigenvalue weighted by Gasteiger charge is -2.14. The SMILES string of the molecule is COc1cc(C)c(NCc2ccccn2)cc1OC. The fraction of sp³-hybridized carbons (Fsp3) is 0.267. The fourth-order valence-electron chi connectivity index (χ4n) is 1.86. The zero-order valence-electron chi connectivity index (χ0n) is 11.4. The Bertz CT molecular complexity index is 541. The topological polar surface area (TPSA) is 43.4 Å². The van der Waals surface area contributed by atoms with Gasteiger partial charge >= 0.3 is 0 Å². The molecule has 0 aliphatic heterocycles. The molecular weight excluding hydrogens is 240 g/mol. The molecule has 0 spiro atoms.